The summed E-state index contributed by atoms with van der Waals surface area (Å²) >= 11 is 0. The summed E-state index contributed by atoms with van der Waals surface area (Å²) in [5, 5.41) is 8.65. The molecule has 1 saturated heterocycles. The summed E-state index contributed by atoms with van der Waals surface area (Å²) in [7, 11) is 0. The van der Waals surface area contributed by atoms with E-state index in [0.717, 1.165) is 6.20 Å². The highest BCUT2D eigenvalue weighted by molar-refractivity contribution is 5.65. The van der Waals surface area contributed by atoms with Crippen LogP contribution < -0.4 is 4.74 Å². The average Bonchev–Trinajstić information content (AvgIpc) is 2.65. The molecule has 1 N–H and O–H groups in total. The molecule has 1 atom stereocenters. The van der Waals surface area contributed by atoms with Crippen molar-refractivity contribution in [1.29, 1.82) is 0 Å². The van der Waals surface area contributed by atoms with Crippen LogP contribution in [0.5, 0.6) is 5.88 Å². The highest BCUT2D eigenvalue weighted by atomic mass is 19.4. The van der Waals surface area contributed by atoms with E-state index in [-0.39, 0.29) is 0 Å². The number of hydrogen-bond acceptors (Lipinski definition) is 3. The van der Waals surface area contributed by atoms with E-state index in [4.69, 9.17) is 9.84 Å². The number of rotatable bonds is 2. The maximum Gasteiger partial charge on any atom is 0.416 e. The third-order valence-electron chi connectivity index (χ3n) is 2.85. The largest absolute Gasteiger partial charge is 0.466 e. The Morgan fingerprint density at radius 3 is 2.67 bits per heavy atom. The van der Waals surface area contributed by atoms with Gasteiger partial charge in [0, 0.05) is 12.3 Å². The van der Waals surface area contributed by atoms with E-state index in [9.17, 15) is 26.7 Å². The molecule has 2 rings (SSSR count). The van der Waals surface area contributed by atoms with Crippen LogP contribution in [0.15, 0.2) is 18.3 Å². The van der Waals surface area contributed by atoms with Crippen LogP contribution in [0.1, 0.15) is 5.56 Å². The predicted molar refractivity (Wildman–Crippen MR) is 58.2 cm³/mol. The van der Waals surface area contributed by atoms with Gasteiger partial charge in [-0.15, -0.1) is 0 Å². The molecule has 1 amide bonds. The maximum absolute atomic E-state index is 13.6. The van der Waals surface area contributed by atoms with Gasteiger partial charge >= 0.3 is 18.2 Å². The highest BCUT2D eigenvalue weighted by Gasteiger charge is 2.52. The lowest BCUT2D eigenvalue weighted by Crippen LogP contribution is -2.36. The smallest absolute Gasteiger partial charge is 0.416 e. The summed E-state index contributed by atoms with van der Waals surface area (Å²) < 4.78 is 69.3. The summed E-state index contributed by atoms with van der Waals surface area (Å²) in [6.45, 7) is -1.73. The summed E-state index contributed by atoms with van der Waals surface area (Å²) in [6, 6.07) is 1.16. The molecule has 0 unspecified atom stereocenters. The third kappa shape index (κ3) is 3.31. The lowest BCUT2D eigenvalue weighted by molar-refractivity contribution is -0.137. The normalized spacial score (nSPS) is 21.4. The Balaban J connectivity index is 2.17. The molecule has 1 fully saturated rings. The topological polar surface area (TPSA) is 62.7 Å². The van der Waals surface area contributed by atoms with E-state index in [1.807, 2.05) is 0 Å². The van der Waals surface area contributed by atoms with Gasteiger partial charge in [0.2, 0.25) is 5.88 Å². The summed E-state index contributed by atoms with van der Waals surface area (Å²) in [6.07, 6.45) is -7.32. The van der Waals surface area contributed by atoms with E-state index < -0.39 is 48.8 Å². The molecule has 0 saturated carbocycles. The number of likely N-dealkylation sites (tertiary alicyclic amines) is 1. The van der Waals surface area contributed by atoms with Gasteiger partial charge in [-0.1, -0.05) is 0 Å². The van der Waals surface area contributed by atoms with E-state index in [1.165, 1.54) is 0 Å². The Morgan fingerprint density at radius 1 is 1.48 bits per heavy atom. The van der Waals surface area contributed by atoms with Crippen LogP contribution in [0.25, 0.3) is 0 Å². The van der Waals surface area contributed by atoms with Crippen molar-refractivity contribution in [2.75, 3.05) is 13.1 Å². The number of nitrogens with zero attached hydrogens (tertiary/aromatic N) is 2. The maximum atomic E-state index is 13.6. The fraction of sp³-hybridized carbons (Fsp3) is 0.455. The van der Waals surface area contributed by atoms with Crippen LogP contribution in [-0.2, 0) is 6.18 Å². The number of carbonyl (C=O) groups is 1. The highest BCUT2D eigenvalue weighted by Crippen LogP contribution is 2.33. The molecular formula is C11H9F5N2O3. The van der Waals surface area contributed by atoms with Gasteiger partial charge < -0.3 is 9.84 Å². The molecule has 0 radical (unpaired) electrons. The standard InChI is InChI=1S/C11H9F5N2O3/c12-10(13)5-18(9(19)20)4-7(10)21-8-3-6(1-2-17-8)11(14,15)16/h1-3,7H,4-5H2,(H,19,20)/t7-/m0/s1. The molecule has 0 spiro atoms. The van der Waals surface area contributed by atoms with Gasteiger partial charge in [-0.3, -0.25) is 4.90 Å². The SMILES string of the molecule is O=C(O)N1C[C@H](Oc2cc(C(F)(F)F)ccn2)C(F)(F)C1. The second-order valence-corrected chi connectivity index (χ2v) is 4.41. The molecule has 1 aliphatic rings. The molecule has 5 nitrogen and oxygen atoms in total. The predicted octanol–water partition coefficient (Wildman–Crippen LogP) is 2.48. The number of ether oxygens (including phenoxy) is 1. The number of carboxylic acid groups (broad SMARTS) is 1. The molecular weight excluding hydrogens is 303 g/mol. The molecule has 116 valence electrons. The number of halogens is 5. The van der Waals surface area contributed by atoms with E-state index >= 15 is 0 Å². The van der Waals surface area contributed by atoms with E-state index in [2.05, 4.69) is 4.98 Å². The second kappa shape index (κ2) is 5.01. The fourth-order valence-electron chi connectivity index (χ4n) is 1.82. The van der Waals surface area contributed by atoms with Crippen molar-refractivity contribution < 1.29 is 36.6 Å². The van der Waals surface area contributed by atoms with Crippen LogP contribution >= 0.6 is 0 Å². The Kier molecular flexibility index (Phi) is 3.64. The zero-order valence-corrected chi connectivity index (χ0v) is 10.3. The first-order chi connectivity index (χ1) is 9.59. The molecule has 10 heteroatoms. The van der Waals surface area contributed by atoms with Crippen LogP contribution in [0.2, 0.25) is 0 Å². The first-order valence-corrected chi connectivity index (χ1v) is 5.65. The lowest BCUT2D eigenvalue weighted by Gasteiger charge is -2.18. The van der Waals surface area contributed by atoms with E-state index in [1.54, 1.807) is 0 Å². The van der Waals surface area contributed by atoms with Gasteiger partial charge in [0.15, 0.2) is 6.10 Å². The van der Waals surface area contributed by atoms with Gasteiger partial charge in [0.25, 0.3) is 0 Å². The summed E-state index contributed by atoms with van der Waals surface area (Å²) in [5.41, 5.74) is -1.09. The molecule has 1 aliphatic heterocycles. The van der Waals surface area contributed by atoms with Crippen molar-refractivity contribution in [2.24, 2.45) is 0 Å². The van der Waals surface area contributed by atoms with Crippen LogP contribution in [0.4, 0.5) is 26.7 Å². The Hall–Kier alpha value is -2.13. The minimum Gasteiger partial charge on any atom is -0.466 e. The number of alkyl halides is 5. The van der Waals surface area contributed by atoms with Gasteiger partial charge in [0.05, 0.1) is 18.7 Å². The van der Waals surface area contributed by atoms with Crippen LogP contribution in [0.3, 0.4) is 0 Å². The Labute approximate surface area is 114 Å². The van der Waals surface area contributed by atoms with Gasteiger partial charge in [-0.2, -0.15) is 13.2 Å². The first kappa shape index (κ1) is 15.3. The van der Waals surface area contributed by atoms with E-state index in [0.29, 0.717) is 17.0 Å². The van der Waals surface area contributed by atoms with Crippen molar-refractivity contribution in [3.63, 3.8) is 0 Å². The average molecular weight is 312 g/mol. The monoisotopic (exact) mass is 312 g/mol. The minimum absolute atomic E-state index is 0.429. The number of amides is 1. The second-order valence-electron chi connectivity index (χ2n) is 4.41. The van der Waals surface area contributed by atoms with Crippen molar-refractivity contribution >= 4 is 6.09 Å². The van der Waals surface area contributed by atoms with Crippen molar-refractivity contribution in [3.8, 4) is 5.88 Å². The van der Waals surface area contributed by atoms with Gasteiger partial charge in [-0.05, 0) is 6.07 Å². The number of pyridine rings is 1. The van der Waals surface area contributed by atoms with Gasteiger partial charge in [0.1, 0.15) is 0 Å². The zero-order chi connectivity index (χ0) is 15.8. The van der Waals surface area contributed by atoms with Crippen molar-refractivity contribution in [3.05, 3.63) is 23.9 Å². The Bertz CT molecular complexity index is 549. The quantitative estimate of drug-likeness (QED) is 0.852. The molecule has 0 bridgehead atoms. The Morgan fingerprint density at radius 2 is 2.14 bits per heavy atom. The van der Waals surface area contributed by atoms with Crippen molar-refractivity contribution in [1.82, 2.24) is 9.88 Å². The zero-order valence-electron chi connectivity index (χ0n) is 10.3. The van der Waals surface area contributed by atoms with Crippen LogP contribution in [0, 0.1) is 0 Å². The summed E-state index contributed by atoms with van der Waals surface area (Å²) in [5.74, 6) is -4.14. The lowest BCUT2D eigenvalue weighted by atomic mass is 10.2. The molecule has 1 aromatic rings. The molecule has 1 aromatic heterocycles. The van der Waals surface area contributed by atoms with Gasteiger partial charge in [-0.25, -0.2) is 18.6 Å². The number of aromatic nitrogens is 1. The minimum atomic E-state index is -4.66. The molecule has 0 aliphatic carbocycles. The van der Waals surface area contributed by atoms with Crippen LogP contribution in [-0.4, -0.2) is 46.2 Å². The van der Waals surface area contributed by atoms with Crippen molar-refractivity contribution in [2.45, 2.75) is 18.2 Å². The third-order valence-corrected chi connectivity index (χ3v) is 2.85. The molecule has 0 aromatic carbocycles. The molecule has 21 heavy (non-hydrogen) atoms. The first-order valence-electron chi connectivity index (χ1n) is 5.65. The number of hydrogen-bond donors (Lipinski definition) is 1. The summed E-state index contributed by atoms with van der Waals surface area (Å²) in [4.78, 5) is 14.5. The molecule has 2 heterocycles. The fourth-order valence-corrected chi connectivity index (χ4v) is 1.82.